The molecule has 1 N–H and O–H groups in total. The summed E-state index contributed by atoms with van der Waals surface area (Å²) in [4.78, 5) is 3.83. The van der Waals surface area contributed by atoms with Gasteiger partial charge in [0.05, 0.1) is 12.4 Å². The Morgan fingerprint density at radius 2 is 2.60 bits per heavy atom. The van der Waals surface area contributed by atoms with Gasteiger partial charge >= 0.3 is 0 Å². The number of aliphatic hydroxyl groups excluding tert-OH is 1. The normalized spacial score (nSPS) is 19.5. The maximum atomic E-state index is 8.43. The first kappa shape index (κ1) is 7.02. The van der Waals surface area contributed by atoms with Gasteiger partial charge in [0.25, 0.3) is 0 Å². The summed E-state index contributed by atoms with van der Waals surface area (Å²) in [5, 5.41) is 8.43. The van der Waals surface area contributed by atoms with Gasteiger partial charge in [0.2, 0.25) is 0 Å². The van der Waals surface area contributed by atoms with Crippen molar-refractivity contribution in [1.29, 1.82) is 0 Å². The molecule has 3 nitrogen and oxygen atoms in total. The molecular weight excluding hydrogens is 130 g/mol. The van der Waals surface area contributed by atoms with E-state index in [1.807, 2.05) is 0 Å². The molecule has 54 valence electrons. The Bertz CT molecular complexity index is 182. The number of ether oxygens (including phenoxy) is 1. The monoisotopic (exact) mass is 139 g/mol. The summed E-state index contributed by atoms with van der Waals surface area (Å²) >= 11 is 0. The van der Waals surface area contributed by atoms with E-state index in [0.717, 1.165) is 0 Å². The van der Waals surface area contributed by atoms with Crippen LogP contribution >= 0.6 is 0 Å². The molecular formula is C7H9NO2. The number of hydrogen-bond donors (Lipinski definition) is 1. The van der Waals surface area contributed by atoms with E-state index < -0.39 is 0 Å². The van der Waals surface area contributed by atoms with Crippen LogP contribution in [0.15, 0.2) is 29.3 Å². The number of aliphatic hydroxyl groups is 1. The van der Waals surface area contributed by atoms with E-state index in [2.05, 4.69) is 4.99 Å². The molecule has 0 atom stereocenters. The number of nitrogens with zero attached hydrogens (tertiary/aromatic N) is 1. The highest BCUT2D eigenvalue weighted by atomic mass is 16.5. The van der Waals surface area contributed by atoms with E-state index in [0.29, 0.717) is 12.2 Å². The third kappa shape index (κ3) is 2.03. The first-order valence-electron chi connectivity index (χ1n) is 3.09. The predicted octanol–water partition coefficient (Wildman–Crippen LogP) is 0.825. The van der Waals surface area contributed by atoms with Gasteiger partial charge in [0.1, 0.15) is 12.0 Å². The molecule has 1 aliphatic heterocycles. The number of rotatable bonds is 2. The molecule has 0 saturated carbocycles. The summed E-state index contributed by atoms with van der Waals surface area (Å²) < 4.78 is 5.00. The Morgan fingerprint density at radius 1 is 1.70 bits per heavy atom. The molecule has 0 aromatic rings. The Hall–Kier alpha value is -1.09. The van der Waals surface area contributed by atoms with Crippen molar-refractivity contribution in [2.24, 2.45) is 4.99 Å². The van der Waals surface area contributed by atoms with Gasteiger partial charge in [0.15, 0.2) is 0 Å². The molecule has 0 radical (unpaired) electrons. The van der Waals surface area contributed by atoms with E-state index in [-0.39, 0.29) is 6.61 Å². The molecule has 0 bridgehead atoms. The van der Waals surface area contributed by atoms with Crippen LogP contribution in [0.3, 0.4) is 0 Å². The zero-order valence-electron chi connectivity index (χ0n) is 5.53. The molecule has 1 aliphatic rings. The van der Waals surface area contributed by atoms with Crippen molar-refractivity contribution in [2.75, 3.05) is 6.61 Å². The lowest BCUT2D eigenvalue weighted by Crippen LogP contribution is -1.91. The molecule has 0 aliphatic carbocycles. The van der Waals surface area contributed by atoms with Crippen molar-refractivity contribution in [3.63, 3.8) is 0 Å². The van der Waals surface area contributed by atoms with Crippen LogP contribution in [0.2, 0.25) is 0 Å². The van der Waals surface area contributed by atoms with Gasteiger partial charge < -0.3 is 9.84 Å². The fraction of sp³-hybridized carbons (Fsp3) is 0.286. The lowest BCUT2D eigenvalue weighted by molar-refractivity contribution is 0.299. The molecule has 1 heterocycles. The van der Waals surface area contributed by atoms with E-state index in [1.54, 1.807) is 18.5 Å². The quantitative estimate of drug-likeness (QED) is 0.615. The fourth-order valence-electron chi connectivity index (χ4n) is 0.599. The molecule has 0 aromatic carbocycles. The van der Waals surface area contributed by atoms with E-state index in [1.165, 1.54) is 6.26 Å². The van der Waals surface area contributed by atoms with Crippen LogP contribution in [0.25, 0.3) is 0 Å². The van der Waals surface area contributed by atoms with Crippen molar-refractivity contribution in [3.05, 3.63) is 24.3 Å². The molecule has 0 spiro atoms. The van der Waals surface area contributed by atoms with Crippen molar-refractivity contribution in [1.82, 2.24) is 0 Å². The molecule has 0 saturated heterocycles. The number of hydrogen-bond acceptors (Lipinski definition) is 3. The van der Waals surface area contributed by atoms with Gasteiger partial charge in [0, 0.05) is 6.61 Å². The SMILES string of the molecule is OCCC=C1C=NC=CO1. The Balaban J connectivity index is 2.42. The Kier molecular flexibility index (Phi) is 2.70. The molecule has 1 rings (SSSR count). The zero-order chi connectivity index (χ0) is 7.23. The molecule has 3 heteroatoms. The van der Waals surface area contributed by atoms with Gasteiger partial charge in [-0.05, 0) is 12.5 Å². The first-order valence-corrected chi connectivity index (χ1v) is 3.09. The van der Waals surface area contributed by atoms with E-state index in [9.17, 15) is 0 Å². The highest BCUT2D eigenvalue weighted by molar-refractivity contribution is 5.77. The molecule has 0 amide bonds. The standard InChI is InChI=1S/C7H9NO2/c9-4-1-2-7-6-8-3-5-10-7/h2-3,5-6,9H,1,4H2. The summed E-state index contributed by atoms with van der Waals surface area (Å²) in [7, 11) is 0. The van der Waals surface area contributed by atoms with Crippen LogP contribution < -0.4 is 0 Å². The number of allylic oxidation sites excluding steroid dienone is 1. The van der Waals surface area contributed by atoms with E-state index in [4.69, 9.17) is 9.84 Å². The first-order chi connectivity index (χ1) is 4.93. The predicted molar refractivity (Wildman–Crippen MR) is 38.5 cm³/mol. The number of aliphatic imine (C=N–C) groups is 1. The van der Waals surface area contributed by atoms with Gasteiger partial charge in [-0.2, -0.15) is 0 Å². The van der Waals surface area contributed by atoms with Gasteiger partial charge in [-0.25, -0.2) is 0 Å². The molecule has 0 aromatic heterocycles. The Morgan fingerprint density at radius 3 is 3.20 bits per heavy atom. The third-order valence-electron chi connectivity index (χ3n) is 1.03. The minimum atomic E-state index is 0.143. The highest BCUT2D eigenvalue weighted by Crippen LogP contribution is 2.01. The fourth-order valence-corrected chi connectivity index (χ4v) is 0.599. The van der Waals surface area contributed by atoms with Crippen LogP contribution in [-0.2, 0) is 4.74 Å². The van der Waals surface area contributed by atoms with Crippen LogP contribution in [-0.4, -0.2) is 17.9 Å². The van der Waals surface area contributed by atoms with Gasteiger partial charge in [-0.15, -0.1) is 0 Å². The molecule has 0 unspecified atom stereocenters. The van der Waals surface area contributed by atoms with Crippen LogP contribution in [0.4, 0.5) is 0 Å². The second kappa shape index (κ2) is 3.85. The van der Waals surface area contributed by atoms with Crippen molar-refractivity contribution < 1.29 is 9.84 Å². The van der Waals surface area contributed by atoms with Gasteiger partial charge in [-0.3, -0.25) is 4.99 Å². The summed E-state index contributed by atoms with van der Waals surface area (Å²) in [6, 6.07) is 0. The molecule has 0 fully saturated rings. The zero-order valence-corrected chi connectivity index (χ0v) is 5.53. The van der Waals surface area contributed by atoms with Crippen LogP contribution in [0.5, 0.6) is 0 Å². The Labute approximate surface area is 59.3 Å². The maximum Gasteiger partial charge on any atom is 0.140 e. The second-order valence-electron chi connectivity index (χ2n) is 1.80. The maximum absolute atomic E-state index is 8.43. The third-order valence-corrected chi connectivity index (χ3v) is 1.03. The largest absolute Gasteiger partial charge is 0.462 e. The smallest absolute Gasteiger partial charge is 0.140 e. The summed E-state index contributed by atoms with van der Waals surface area (Å²) in [5.41, 5.74) is 0. The lowest BCUT2D eigenvalue weighted by Gasteiger charge is -2.01. The lowest BCUT2D eigenvalue weighted by atomic mass is 10.3. The topological polar surface area (TPSA) is 41.8 Å². The average Bonchev–Trinajstić information content (AvgIpc) is 2.03. The minimum absolute atomic E-state index is 0.143. The second-order valence-corrected chi connectivity index (χ2v) is 1.80. The minimum Gasteiger partial charge on any atom is -0.462 e. The highest BCUT2D eigenvalue weighted by Gasteiger charge is 1.92. The van der Waals surface area contributed by atoms with Crippen LogP contribution in [0, 0.1) is 0 Å². The van der Waals surface area contributed by atoms with Crippen LogP contribution in [0.1, 0.15) is 6.42 Å². The summed E-state index contributed by atoms with van der Waals surface area (Å²) in [6.45, 7) is 0.143. The molecule has 10 heavy (non-hydrogen) atoms. The summed E-state index contributed by atoms with van der Waals surface area (Å²) in [6.07, 6.45) is 7.07. The van der Waals surface area contributed by atoms with Crippen molar-refractivity contribution >= 4 is 6.21 Å². The van der Waals surface area contributed by atoms with Gasteiger partial charge in [-0.1, -0.05) is 0 Å². The van der Waals surface area contributed by atoms with Crippen molar-refractivity contribution in [3.8, 4) is 0 Å². The average molecular weight is 139 g/mol. The summed E-state index contributed by atoms with van der Waals surface area (Å²) in [5.74, 6) is 0.691. The van der Waals surface area contributed by atoms with E-state index >= 15 is 0 Å². The van der Waals surface area contributed by atoms with Crippen molar-refractivity contribution in [2.45, 2.75) is 6.42 Å².